The van der Waals surface area contributed by atoms with Crippen LogP contribution in [0.3, 0.4) is 0 Å². The molecule has 0 radical (unpaired) electrons. The Kier molecular flexibility index (Phi) is 7.02. The molecule has 0 atom stereocenters. The molecule has 0 bridgehead atoms. The van der Waals surface area contributed by atoms with E-state index in [9.17, 15) is 9.59 Å². The van der Waals surface area contributed by atoms with Gasteiger partial charge in [-0.1, -0.05) is 36.4 Å². The molecule has 2 rings (SSSR count). The van der Waals surface area contributed by atoms with Gasteiger partial charge in [0.1, 0.15) is 5.56 Å². The third kappa shape index (κ3) is 4.75. The van der Waals surface area contributed by atoms with E-state index in [1.165, 1.54) is 14.2 Å². The summed E-state index contributed by atoms with van der Waals surface area (Å²) in [5, 5.41) is 0. The van der Waals surface area contributed by atoms with Gasteiger partial charge in [0.2, 0.25) is 0 Å². The summed E-state index contributed by atoms with van der Waals surface area (Å²) in [6.07, 6.45) is 0. The summed E-state index contributed by atoms with van der Waals surface area (Å²) in [5.74, 6) is -0.187. The highest BCUT2D eigenvalue weighted by Crippen LogP contribution is 2.31. The lowest BCUT2D eigenvalue weighted by Gasteiger charge is -2.21. The molecule has 2 aromatic carbocycles. The minimum absolute atomic E-state index is 0.214. The summed E-state index contributed by atoms with van der Waals surface area (Å²) >= 11 is 0. The summed E-state index contributed by atoms with van der Waals surface area (Å²) in [5.41, 5.74) is 1.23. The molecule has 0 aromatic heterocycles. The lowest BCUT2D eigenvalue weighted by atomic mass is 10.2. The number of para-hydroxylation sites is 1. The number of nitrogens with zero attached hydrogens (tertiary/aromatic N) is 1. The maximum Gasteiger partial charge on any atom is 0.342 e. The molecule has 1 amide bonds. The van der Waals surface area contributed by atoms with Crippen molar-refractivity contribution in [3.63, 3.8) is 0 Å². The standard InChI is InChI=1S/C20H23NO5/c1-4-21(13-15-9-6-5-7-10-15)18(22)14-26-20(23)16-11-8-12-17(24-2)19(16)25-3/h5-12H,4,13-14H2,1-3H3. The zero-order valence-electron chi connectivity index (χ0n) is 15.2. The molecule has 0 fully saturated rings. The molecule has 0 aliphatic carbocycles. The van der Waals surface area contributed by atoms with Gasteiger partial charge in [0.05, 0.1) is 14.2 Å². The van der Waals surface area contributed by atoms with Gasteiger partial charge in [0.15, 0.2) is 18.1 Å². The highest BCUT2D eigenvalue weighted by Gasteiger charge is 2.20. The molecule has 0 heterocycles. The number of hydrogen-bond acceptors (Lipinski definition) is 5. The van der Waals surface area contributed by atoms with Crippen molar-refractivity contribution >= 4 is 11.9 Å². The first-order chi connectivity index (χ1) is 12.6. The van der Waals surface area contributed by atoms with E-state index in [0.717, 1.165) is 5.56 Å². The predicted molar refractivity (Wildman–Crippen MR) is 97.4 cm³/mol. The van der Waals surface area contributed by atoms with Crippen LogP contribution < -0.4 is 9.47 Å². The second-order valence-corrected chi connectivity index (χ2v) is 5.51. The van der Waals surface area contributed by atoms with Crippen molar-refractivity contribution in [2.75, 3.05) is 27.4 Å². The maximum atomic E-state index is 12.4. The van der Waals surface area contributed by atoms with Gasteiger partial charge < -0.3 is 19.1 Å². The van der Waals surface area contributed by atoms with E-state index in [1.54, 1.807) is 23.1 Å². The number of methoxy groups -OCH3 is 2. The number of carbonyl (C=O) groups is 2. The fraction of sp³-hybridized carbons (Fsp3) is 0.300. The van der Waals surface area contributed by atoms with Gasteiger partial charge in [0.25, 0.3) is 5.91 Å². The van der Waals surface area contributed by atoms with Crippen molar-refractivity contribution in [3.8, 4) is 11.5 Å². The number of carbonyl (C=O) groups excluding carboxylic acids is 2. The smallest absolute Gasteiger partial charge is 0.342 e. The number of benzene rings is 2. The first-order valence-corrected chi connectivity index (χ1v) is 8.30. The molecule has 0 N–H and O–H groups in total. The SMILES string of the molecule is CCN(Cc1ccccc1)C(=O)COC(=O)c1cccc(OC)c1OC. The molecule has 0 saturated carbocycles. The van der Waals surface area contributed by atoms with Gasteiger partial charge in [-0.25, -0.2) is 4.79 Å². The van der Waals surface area contributed by atoms with Crippen molar-refractivity contribution in [1.82, 2.24) is 4.90 Å². The number of likely N-dealkylation sites (N-methyl/N-ethyl adjacent to an activating group) is 1. The quantitative estimate of drug-likeness (QED) is 0.680. The van der Waals surface area contributed by atoms with Crippen molar-refractivity contribution in [3.05, 3.63) is 59.7 Å². The molecular formula is C20H23NO5. The summed E-state index contributed by atoms with van der Waals surface area (Å²) in [6, 6.07) is 14.6. The van der Waals surface area contributed by atoms with E-state index in [4.69, 9.17) is 14.2 Å². The largest absolute Gasteiger partial charge is 0.493 e. The second-order valence-electron chi connectivity index (χ2n) is 5.51. The van der Waals surface area contributed by atoms with E-state index >= 15 is 0 Å². The Morgan fingerprint density at radius 3 is 2.31 bits per heavy atom. The van der Waals surface area contributed by atoms with E-state index in [-0.39, 0.29) is 23.8 Å². The summed E-state index contributed by atoms with van der Waals surface area (Å²) in [4.78, 5) is 26.4. The number of esters is 1. The third-order valence-corrected chi connectivity index (χ3v) is 3.90. The fourth-order valence-electron chi connectivity index (χ4n) is 2.52. The van der Waals surface area contributed by atoms with Crippen LogP contribution >= 0.6 is 0 Å². The number of amides is 1. The van der Waals surface area contributed by atoms with Crippen molar-refractivity contribution in [2.24, 2.45) is 0 Å². The van der Waals surface area contributed by atoms with Crippen molar-refractivity contribution in [1.29, 1.82) is 0 Å². The van der Waals surface area contributed by atoms with Crippen molar-refractivity contribution in [2.45, 2.75) is 13.5 Å². The molecule has 0 spiro atoms. The van der Waals surface area contributed by atoms with Gasteiger partial charge in [-0.3, -0.25) is 4.79 Å². The summed E-state index contributed by atoms with van der Waals surface area (Å²) < 4.78 is 15.6. The van der Waals surface area contributed by atoms with E-state index in [1.807, 2.05) is 37.3 Å². The number of hydrogen-bond donors (Lipinski definition) is 0. The Morgan fingerprint density at radius 2 is 1.69 bits per heavy atom. The highest BCUT2D eigenvalue weighted by atomic mass is 16.5. The van der Waals surface area contributed by atoms with Gasteiger partial charge in [-0.15, -0.1) is 0 Å². The number of ether oxygens (including phenoxy) is 3. The van der Waals surface area contributed by atoms with E-state index in [2.05, 4.69) is 0 Å². The van der Waals surface area contributed by atoms with Gasteiger partial charge in [-0.05, 0) is 24.6 Å². The van der Waals surface area contributed by atoms with Gasteiger partial charge in [0, 0.05) is 13.1 Å². The molecule has 0 aliphatic heterocycles. The van der Waals surface area contributed by atoms with Gasteiger partial charge in [-0.2, -0.15) is 0 Å². The van der Waals surface area contributed by atoms with Crippen LogP contribution in [0.1, 0.15) is 22.8 Å². The van der Waals surface area contributed by atoms with E-state index < -0.39 is 5.97 Å². The van der Waals surface area contributed by atoms with E-state index in [0.29, 0.717) is 18.8 Å². The van der Waals surface area contributed by atoms with Crippen LogP contribution in [0.15, 0.2) is 48.5 Å². The maximum absolute atomic E-state index is 12.4. The average Bonchev–Trinajstić information content (AvgIpc) is 2.69. The molecule has 138 valence electrons. The van der Waals surface area contributed by atoms with Crippen LogP contribution in [0.25, 0.3) is 0 Å². The normalized spacial score (nSPS) is 10.1. The average molecular weight is 357 g/mol. The molecule has 2 aromatic rings. The molecule has 0 unspecified atom stereocenters. The molecular weight excluding hydrogens is 334 g/mol. The minimum Gasteiger partial charge on any atom is -0.493 e. The Hall–Kier alpha value is -3.02. The molecule has 6 nitrogen and oxygen atoms in total. The second kappa shape index (κ2) is 9.46. The zero-order chi connectivity index (χ0) is 18.9. The topological polar surface area (TPSA) is 65.1 Å². The fourth-order valence-corrected chi connectivity index (χ4v) is 2.52. The minimum atomic E-state index is -0.634. The first kappa shape index (κ1) is 19.3. The molecule has 0 aliphatic rings. The lowest BCUT2D eigenvalue weighted by Crippen LogP contribution is -2.34. The van der Waals surface area contributed by atoms with Crippen molar-refractivity contribution < 1.29 is 23.8 Å². The Balaban J connectivity index is 2.01. The summed E-state index contributed by atoms with van der Waals surface area (Å²) in [7, 11) is 2.93. The van der Waals surface area contributed by atoms with Crippen LogP contribution in [-0.4, -0.2) is 44.1 Å². The zero-order valence-corrected chi connectivity index (χ0v) is 15.2. The summed E-state index contributed by atoms with van der Waals surface area (Å²) in [6.45, 7) is 2.54. The lowest BCUT2D eigenvalue weighted by molar-refractivity contribution is -0.134. The third-order valence-electron chi connectivity index (χ3n) is 3.90. The Labute approximate surface area is 153 Å². The highest BCUT2D eigenvalue weighted by molar-refractivity contribution is 5.95. The Bertz CT molecular complexity index is 745. The molecule has 6 heteroatoms. The Morgan fingerprint density at radius 1 is 0.962 bits per heavy atom. The van der Waals surface area contributed by atoms with Crippen LogP contribution in [-0.2, 0) is 16.1 Å². The molecule has 26 heavy (non-hydrogen) atoms. The van der Waals surface area contributed by atoms with Crippen LogP contribution in [0.2, 0.25) is 0 Å². The van der Waals surface area contributed by atoms with Crippen LogP contribution in [0.5, 0.6) is 11.5 Å². The molecule has 0 saturated heterocycles. The monoisotopic (exact) mass is 357 g/mol. The van der Waals surface area contributed by atoms with Crippen LogP contribution in [0, 0.1) is 0 Å². The van der Waals surface area contributed by atoms with Gasteiger partial charge >= 0.3 is 5.97 Å². The first-order valence-electron chi connectivity index (χ1n) is 8.30. The van der Waals surface area contributed by atoms with Crippen LogP contribution in [0.4, 0.5) is 0 Å². The predicted octanol–water partition coefficient (Wildman–Crippen LogP) is 2.91. The number of rotatable bonds is 8.